The number of amides is 1. The van der Waals surface area contributed by atoms with Crippen LogP contribution in [-0.4, -0.2) is 27.6 Å². The van der Waals surface area contributed by atoms with Gasteiger partial charge in [-0.05, 0) is 41.8 Å². The summed E-state index contributed by atoms with van der Waals surface area (Å²) in [5, 5.41) is 7.21. The van der Waals surface area contributed by atoms with E-state index in [-0.39, 0.29) is 12.3 Å². The van der Waals surface area contributed by atoms with Crippen LogP contribution in [0.2, 0.25) is 0 Å². The van der Waals surface area contributed by atoms with Crippen LogP contribution in [0.15, 0.2) is 67.0 Å². The number of fused-ring (bicyclic) bond motifs is 1. The summed E-state index contributed by atoms with van der Waals surface area (Å²) < 4.78 is 6.91. The third kappa shape index (κ3) is 3.86. The maximum absolute atomic E-state index is 12.4. The summed E-state index contributed by atoms with van der Waals surface area (Å²) in [5.41, 5.74) is 4.99. The smallest absolute Gasteiger partial charge is 0.229 e. The highest BCUT2D eigenvalue weighted by atomic mass is 16.5. The average molecular weight is 372 g/mol. The Labute approximate surface area is 162 Å². The van der Waals surface area contributed by atoms with E-state index in [1.807, 2.05) is 61.5 Å². The fourth-order valence-corrected chi connectivity index (χ4v) is 3.07. The van der Waals surface area contributed by atoms with Crippen molar-refractivity contribution in [3.63, 3.8) is 0 Å². The third-order valence-electron chi connectivity index (χ3n) is 4.49. The van der Waals surface area contributed by atoms with Crippen molar-refractivity contribution >= 4 is 17.2 Å². The molecule has 0 aliphatic rings. The molecule has 3 aromatic heterocycles. The van der Waals surface area contributed by atoms with E-state index in [9.17, 15) is 4.79 Å². The molecule has 0 spiro atoms. The molecule has 6 nitrogen and oxygen atoms in total. The lowest BCUT2D eigenvalue weighted by Crippen LogP contribution is -2.14. The number of carbonyl (C=O) groups is 1. The Bertz CT molecular complexity index is 1130. The molecule has 0 radical (unpaired) electrons. The number of hydrogen-bond acceptors (Lipinski definition) is 4. The zero-order valence-corrected chi connectivity index (χ0v) is 15.7. The van der Waals surface area contributed by atoms with Gasteiger partial charge in [0.15, 0.2) is 5.82 Å². The van der Waals surface area contributed by atoms with Crippen molar-refractivity contribution in [2.75, 3.05) is 12.4 Å². The first-order chi connectivity index (χ1) is 13.6. The van der Waals surface area contributed by atoms with E-state index in [0.717, 1.165) is 33.7 Å². The number of anilines is 1. The molecule has 0 saturated carbocycles. The molecule has 1 aromatic carbocycles. The van der Waals surface area contributed by atoms with Crippen molar-refractivity contribution in [3.8, 4) is 16.9 Å². The fourth-order valence-electron chi connectivity index (χ4n) is 3.07. The van der Waals surface area contributed by atoms with Gasteiger partial charge in [0, 0.05) is 30.2 Å². The van der Waals surface area contributed by atoms with Gasteiger partial charge in [-0.3, -0.25) is 9.78 Å². The predicted octanol–water partition coefficient (Wildman–Crippen LogP) is 3.89. The Morgan fingerprint density at radius 1 is 1.07 bits per heavy atom. The fraction of sp³-hybridized carbons (Fsp3) is 0.136. The lowest BCUT2D eigenvalue weighted by Gasteiger charge is -2.05. The van der Waals surface area contributed by atoms with E-state index in [0.29, 0.717) is 5.82 Å². The molecule has 0 aliphatic carbocycles. The first kappa shape index (κ1) is 17.7. The number of ether oxygens (including phenoxy) is 1. The van der Waals surface area contributed by atoms with E-state index in [1.165, 1.54) is 0 Å². The lowest BCUT2D eigenvalue weighted by molar-refractivity contribution is -0.115. The van der Waals surface area contributed by atoms with Crippen molar-refractivity contribution < 1.29 is 9.53 Å². The van der Waals surface area contributed by atoms with E-state index in [4.69, 9.17) is 4.74 Å². The lowest BCUT2D eigenvalue weighted by atomic mass is 10.0. The number of aryl methyl sites for hydroxylation is 1. The standard InChI is InChI=1S/C22H20N4O2/c1-15-11-18(7-9-23-15)17-5-3-16(4-6-17)12-22(27)24-21-14-19-13-20(28-2)8-10-26(19)25-21/h3-11,13-14H,12H2,1-2H3,(H,24,25,27). The number of nitrogens with one attached hydrogen (secondary N) is 1. The molecule has 140 valence electrons. The summed E-state index contributed by atoms with van der Waals surface area (Å²) in [4.78, 5) is 16.6. The maximum atomic E-state index is 12.4. The molecular weight excluding hydrogens is 352 g/mol. The average Bonchev–Trinajstić information content (AvgIpc) is 3.09. The van der Waals surface area contributed by atoms with Gasteiger partial charge in [-0.1, -0.05) is 24.3 Å². The normalized spacial score (nSPS) is 10.8. The number of carbonyl (C=O) groups excluding carboxylic acids is 1. The Balaban J connectivity index is 1.43. The second-order valence-corrected chi connectivity index (χ2v) is 6.57. The number of methoxy groups -OCH3 is 1. The van der Waals surface area contributed by atoms with Crippen molar-refractivity contribution in [1.29, 1.82) is 0 Å². The van der Waals surface area contributed by atoms with Gasteiger partial charge in [0.2, 0.25) is 5.91 Å². The molecule has 0 bridgehead atoms. The molecule has 1 N–H and O–H groups in total. The van der Waals surface area contributed by atoms with E-state index in [2.05, 4.69) is 15.4 Å². The minimum Gasteiger partial charge on any atom is -0.497 e. The Morgan fingerprint density at radius 2 is 1.89 bits per heavy atom. The van der Waals surface area contributed by atoms with Gasteiger partial charge >= 0.3 is 0 Å². The van der Waals surface area contributed by atoms with Crippen LogP contribution in [0.25, 0.3) is 16.6 Å². The zero-order chi connectivity index (χ0) is 19.5. The highest BCUT2D eigenvalue weighted by Gasteiger charge is 2.09. The topological polar surface area (TPSA) is 68.5 Å². The van der Waals surface area contributed by atoms with Gasteiger partial charge < -0.3 is 10.1 Å². The van der Waals surface area contributed by atoms with Crippen LogP contribution in [0.5, 0.6) is 5.75 Å². The molecule has 6 heteroatoms. The number of aromatic nitrogens is 3. The third-order valence-corrected chi connectivity index (χ3v) is 4.49. The van der Waals surface area contributed by atoms with Gasteiger partial charge in [0.05, 0.1) is 19.0 Å². The van der Waals surface area contributed by atoms with Gasteiger partial charge in [-0.2, -0.15) is 5.10 Å². The summed E-state index contributed by atoms with van der Waals surface area (Å²) in [6.07, 6.45) is 3.88. The van der Waals surface area contributed by atoms with Gasteiger partial charge in [0.1, 0.15) is 5.75 Å². The minimum atomic E-state index is -0.108. The number of nitrogens with zero attached hydrogens (tertiary/aromatic N) is 3. The number of hydrogen-bond donors (Lipinski definition) is 1. The molecule has 0 fully saturated rings. The Hall–Kier alpha value is -3.67. The van der Waals surface area contributed by atoms with E-state index in [1.54, 1.807) is 24.0 Å². The predicted molar refractivity (Wildman–Crippen MR) is 108 cm³/mol. The SMILES string of the molecule is COc1ccn2nc(NC(=O)Cc3ccc(-c4ccnc(C)c4)cc3)cc2c1. The van der Waals surface area contributed by atoms with Crippen LogP contribution in [0.3, 0.4) is 0 Å². The van der Waals surface area contributed by atoms with Crippen molar-refractivity contribution in [2.45, 2.75) is 13.3 Å². The molecule has 4 rings (SSSR count). The minimum absolute atomic E-state index is 0.108. The first-order valence-electron chi connectivity index (χ1n) is 8.96. The maximum Gasteiger partial charge on any atom is 0.229 e. The highest BCUT2D eigenvalue weighted by Crippen LogP contribution is 2.21. The monoisotopic (exact) mass is 372 g/mol. The molecule has 28 heavy (non-hydrogen) atoms. The van der Waals surface area contributed by atoms with Gasteiger partial charge in [-0.15, -0.1) is 0 Å². The van der Waals surface area contributed by atoms with Crippen LogP contribution >= 0.6 is 0 Å². The van der Waals surface area contributed by atoms with Crippen LogP contribution < -0.4 is 10.1 Å². The van der Waals surface area contributed by atoms with Crippen molar-refractivity contribution in [1.82, 2.24) is 14.6 Å². The van der Waals surface area contributed by atoms with Gasteiger partial charge in [0.25, 0.3) is 0 Å². The highest BCUT2D eigenvalue weighted by molar-refractivity contribution is 5.92. The largest absolute Gasteiger partial charge is 0.497 e. The van der Waals surface area contributed by atoms with Crippen LogP contribution in [0, 0.1) is 6.92 Å². The molecule has 4 aromatic rings. The van der Waals surface area contributed by atoms with Crippen molar-refractivity contribution in [3.05, 3.63) is 78.2 Å². The number of pyridine rings is 2. The molecule has 3 heterocycles. The number of benzene rings is 1. The molecule has 1 amide bonds. The first-order valence-corrected chi connectivity index (χ1v) is 8.96. The summed E-state index contributed by atoms with van der Waals surface area (Å²) in [6.45, 7) is 1.97. The van der Waals surface area contributed by atoms with Crippen LogP contribution in [0.4, 0.5) is 5.82 Å². The summed E-state index contributed by atoms with van der Waals surface area (Å²) in [7, 11) is 1.62. The van der Waals surface area contributed by atoms with Gasteiger partial charge in [-0.25, -0.2) is 4.52 Å². The molecule has 0 atom stereocenters. The number of rotatable bonds is 5. The summed E-state index contributed by atoms with van der Waals surface area (Å²) in [6, 6.07) is 17.5. The molecule has 0 unspecified atom stereocenters. The zero-order valence-electron chi connectivity index (χ0n) is 15.7. The van der Waals surface area contributed by atoms with Crippen LogP contribution in [0.1, 0.15) is 11.3 Å². The second kappa shape index (κ2) is 7.52. The van der Waals surface area contributed by atoms with Crippen LogP contribution in [-0.2, 0) is 11.2 Å². The molecule has 0 aliphatic heterocycles. The molecular formula is C22H20N4O2. The van der Waals surface area contributed by atoms with E-state index < -0.39 is 0 Å². The summed E-state index contributed by atoms with van der Waals surface area (Å²) in [5.74, 6) is 1.15. The Morgan fingerprint density at radius 3 is 2.64 bits per heavy atom. The molecule has 0 saturated heterocycles. The Kier molecular flexibility index (Phi) is 4.76. The van der Waals surface area contributed by atoms with E-state index >= 15 is 0 Å². The quantitative estimate of drug-likeness (QED) is 0.577. The summed E-state index contributed by atoms with van der Waals surface area (Å²) >= 11 is 0. The second-order valence-electron chi connectivity index (χ2n) is 6.57. The van der Waals surface area contributed by atoms with Crippen molar-refractivity contribution in [2.24, 2.45) is 0 Å².